The van der Waals surface area contributed by atoms with E-state index in [0.29, 0.717) is 32.5 Å². The molecule has 1 atom stereocenters. The maximum absolute atomic E-state index is 11.9. The summed E-state index contributed by atoms with van der Waals surface area (Å²) in [6, 6.07) is 7.45. The number of rotatable bonds is 5. The molecule has 0 radical (unpaired) electrons. The quantitative estimate of drug-likeness (QED) is 0.883. The van der Waals surface area contributed by atoms with E-state index in [2.05, 4.69) is 15.9 Å². The molecule has 1 fully saturated rings. The van der Waals surface area contributed by atoms with Gasteiger partial charge in [0.1, 0.15) is 5.75 Å². The minimum Gasteiger partial charge on any atom is -0.493 e. The molecule has 5 nitrogen and oxygen atoms in total. The molecular formula is C14H17BrN2O3. The molecule has 1 heterocycles. The minimum absolute atomic E-state index is 0.00543. The van der Waals surface area contributed by atoms with Crippen molar-refractivity contribution in [2.45, 2.75) is 12.8 Å². The van der Waals surface area contributed by atoms with E-state index in [4.69, 9.17) is 10.5 Å². The SMILES string of the molecule is NC(=O)[C@H]1CCN(C(=O)CCOc2ccc(Br)cc2)C1. The lowest BCUT2D eigenvalue weighted by atomic mass is 10.1. The number of carbonyl (C=O) groups excluding carboxylic acids is 2. The molecule has 2 N–H and O–H groups in total. The number of nitrogens with two attached hydrogens (primary N) is 1. The van der Waals surface area contributed by atoms with Crippen LogP contribution in [0.25, 0.3) is 0 Å². The van der Waals surface area contributed by atoms with E-state index in [1.165, 1.54) is 0 Å². The molecule has 108 valence electrons. The average molecular weight is 341 g/mol. The van der Waals surface area contributed by atoms with Crippen LogP contribution in [-0.2, 0) is 9.59 Å². The first-order chi connectivity index (χ1) is 9.56. The lowest BCUT2D eigenvalue weighted by Gasteiger charge is -2.16. The largest absolute Gasteiger partial charge is 0.493 e. The van der Waals surface area contributed by atoms with Crippen molar-refractivity contribution in [2.75, 3.05) is 19.7 Å². The van der Waals surface area contributed by atoms with Crippen LogP contribution < -0.4 is 10.5 Å². The van der Waals surface area contributed by atoms with Crippen LogP contribution in [0.4, 0.5) is 0 Å². The third-order valence-corrected chi connectivity index (χ3v) is 3.87. The van der Waals surface area contributed by atoms with Gasteiger partial charge in [-0.1, -0.05) is 15.9 Å². The summed E-state index contributed by atoms with van der Waals surface area (Å²) in [4.78, 5) is 24.7. The fraction of sp³-hybridized carbons (Fsp3) is 0.429. The van der Waals surface area contributed by atoms with Crippen LogP contribution in [0.15, 0.2) is 28.7 Å². The highest BCUT2D eigenvalue weighted by molar-refractivity contribution is 9.10. The van der Waals surface area contributed by atoms with Gasteiger partial charge in [-0.2, -0.15) is 0 Å². The minimum atomic E-state index is -0.327. The lowest BCUT2D eigenvalue weighted by molar-refractivity contribution is -0.131. The van der Waals surface area contributed by atoms with Crippen LogP contribution in [0.3, 0.4) is 0 Å². The third-order valence-electron chi connectivity index (χ3n) is 3.34. The molecule has 0 spiro atoms. The summed E-state index contributed by atoms with van der Waals surface area (Å²) in [6.45, 7) is 1.37. The Labute approximate surface area is 126 Å². The molecule has 0 unspecified atom stereocenters. The number of carbonyl (C=O) groups is 2. The Morgan fingerprint density at radius 1 is 1.35 bits per heavy atom. The molecule has 2 rings (SSSR count). The Morgan fingerprint density at radius 3 is 2.65 bits per heavy atom. The zero-order valence-corrected chi connectivity index (χ0v) is 12.6. The van der Waals surface area contributed by atoms with Crippen molar-refractivity contribution in [3.63, 3.8) is 0 Å². The molecule has 1 saturated heterocycles. The molecule has 2 amide bonds. The Kier molecular flexibility index (Phi) is 5.00. The van der Waals surface area contributed by atoms with Crippen molar-refractivity contribution < 1.29 is 14.3 Å². The van der Waals surface area contributed by atoms with Crippen molar-refractivity contribution in [1.82, 2.24) is 4.90 Å². The van der Waals surface area contributed by atoms with Gasteiger partial charge >= 0.3 is 0 Å². The summed E-state index contributed by atoms with van der Waals surface area (Å²) in [5, 5.41) is 0. The second-order valence-corrected chi connectivity index (χ2v) is 5.70. The number of halogens is 1. The van der Waals surface area contributed by atoms with Gasteiger partial charge in [-0.05, 0) is 30.7 Å². The van der Waals surface area contributed by atoms with Crippen molar-refractivity contribution in [1.29, 1.82) is 0 Å². The molecular weight excluding hydrogens is 324 g/mol. The zero-order chi connectivity index (χ0) is 14.5. The maximum atomic E-state index is 11.9. The smallest absolute Gasteiger partial charge is 0.226 e. The van der Waals surface area contributed by atoms with Crippen LogP contribution in [0, 0.1) is 5.92 Å². The summed E-state index contributed by atoms with van der Waals surface area (Å²) in [6.07, 6.45) is 0.968. The molecule has 0 saturated carbocycles. The van der Waals surface area contributed by atoms with E-state index in [1.54, 1.807) is 4.90 Å². The van der Waals surface area contributed by atoms with E-state index in [-0.39, 0.29) is 17.7 Å². The zero-order valence-electron chi connectivity index (χ0n) is 11.0. The van der Waals surface area contributed by atoms with Crippen molar-refractivity contribution in [2.24, 2.45) is 11.7 Å². The first-order valence-electron chi connectivity index (χ1n) is 6.51. The van der Waals surface area contributed by atoms with Crippen LogP contribution in [0.2, 0.25) is 0 Å². The third kappa shape index (κ3) is 3.96. The highest BCUT2D eigenvalue weighted by Gasteiger charge is 2.29. The highest BCUT2D eigenvalue weighted by atomic mass is 79.9. The fourth-order valence-corrected chi connectivity index (χ4v) is 2.43. The maximum Gasteiger partial charge on any atom is 0.226 e. The van der Waals surface area contributed by atoms with Gasteiger partial charge in [0.2, 0.25) is 11.8 Å². The second kappa shape index (κ2) is 6.74. The number of ether oxygens (including phenoxy) is 1. The van der Waals surface area contributed by atoms with Gasteiger partial charge in [-0.3, -0.25) is 9.59 Å². The van der Waals surface area contributed by atoms with Crippen molar-refractivity contribution in [3.8, 4) is 5.75 Å². The van der Waals surface area contributed by atoms with E-state index < -0.39 is 0 Å². The molecule has 1 aromatic rings. The van der Waals surface area contributed by atoms with Crippen LogP contribution in [0.1, 0.15) is 12.8 Å². The van der Waals surface area contributed by atoms with Gasteiger partial charge in [0.15, 0.2) is 0 Å². The van der Waals surface area contributed by atoms with E-state index in [9.17, 15) is 9.59 Å². The molecule has 1 aliphatic rings. The first-order valence-corrected chi connectivity index (χ1v) is 7.31. The van der Waals surface area contributed by atoms with Crippen LogP contribution >= 0.6 is 15.9 Å². The Balaban J connectivity index is 1.73. The average Bonchev–Trinajstić information content (AvgIpc) is 2.91. The molecule has 1 aromatic carbocycles. The highest BCUT2D eigenvalue weighted by Crippen LogP contribution is 2.18. The van der Waals surface area contributed by atoms with Gasteiger partial charge in [-0.25, -0.2) is 0 Å². The lowest BCUT2D eigenvalue weighted by Crippen LogP contribution is -2.32. The van der Waals surface area contributed by atoms with E-state index in [1.807, 2.05) is 24.3 Å². The van der Waals surface area contributed by atoms with E-state index >= 15 is 0 Å². The summed E-state index contributed by atoms with van der Waals surface area (Å²) in [5.74, 6) is 0.209. The second-order valence-electron chi connectivity index (χ2n) is 4.78. The fourth-order valence-electron chi connectivity index (χ4n) is 2.16. The Hall–Kier alpha value is -1.56. The van der Waals surface area contributed by atoms with Gasteiger partial charge in [-0.15, -0.1) is 0 Å². The van der Waals surface area contributed by atoms with Crippen LogP contribution in [-0.4, -0.2) is 36.4 Å². The number of hydrogen-bond donors (Lipinski definition) is 1. The number of nitrogens with zero attached hydrogens (tertiary/aromatic N) is 1. The molecule has 0 aliphatic carbocycles. The predicted molar refractivity (Wildman–Crippen MR) is 78.1 cm³/mol. The van der Waals surface area contributed by atoms with Crippen molar-refractivity contribution >= 4 is 27.7 Å². The number of amides is 2. The Morgan fingerprint density at radius 2 is 2.05 bits per heavy atom. The molecule has 6 heteroatoms. The molecule has 20 heavy (non-hydrogen) atoms. The van der Waals surface area contributed by atoms with Gasteiger partial charge in [0, 0.05) is 17.6 Å². The van der Waals surface area contributed by atoms with Crippen molar-refractivity contribution in [3.05, 3.63) is 28.7 Å². The van der Waals surface area contributed by atoms with Gasteiger partial charge in [0.25, 0.3) is 0 Å². The van der Waals surface area contributed by atoms with Gasteiger partial charge < -0.3 is 15.4 Å². The Bertz CT molecular complexity index is 490. The summed E-state index contributed by atoms with van der Waals surface area (Å²) in [5.41, 5.74) is 5.24. The van der Waals surface area contributed by atoms with Gasteiger partial charge in [0.05, 0.1) is 18.9 Å². The molecule has 0 aromatic heterocycles. The number of likely N-dealkylation sites (tertiary alicyclic amines) is 1. The monoisotopic (exact) mass is 340 g/mol. The standard InChI is InChI=1S/C14H17BrN2O3/c15-11-1-3-12(4-2-11)20-8-6-13(18)17-7-5-10(9-17)14(16)19/h1-4,10H,5-9H2,(H2,16,19)/t10-/m0/s1. The normalized spacial score (nSPS) is 18.1. The number of hydrogen-bond acceptors (Lipinski definition) is 3. The molecule has 1 aliphatic heterocycles. The number of primary amides is 1. The topological polar surface area (TPSA) is 72.6 Å². The summed E-state index contributed by atoms with van der Waals surface area (Å²) in [7, 11) is 0. The summed E-state index contributed by atoms with van der Waals surface area (Å²) < 4.78 is 6.49. The number of benzene rings is 1. The first kappa shape index (κ1) is 14.8. The van der Waals surface area contributed by atoms with E-state index in [0.717, 1.165) is 10.2 Å². The summed E-state index contributed by atoms with van der Waals surface area (Å²) >= 11 is 3.34. The predicted octanol–water partition coefficient (Wildman–Crippen LogP) is 1.55. The van der Waals surface area contributed by atoms with Crippen LogP contribution in [0.5, 0.6) is 5.75 Å². The molecule has 0 bridgehead atoms.